The third-order valence-corrected chi connectivity index (χ3v) is 3.71. The Morgan fingerprint density at radius 1 is 1.08 bits per heavy atom. The van der Waals surface area contributed by atoms with Crippen LogP contribution < -0.4 is 15.2 Å². The molecule has 0 radical (unpaired) electrons. The molecule has 0 saturated carbocycles. The fourth-order valence-electron chi connectivity index (χ4n) is 2.22. The molecule has 26 heavy (non-hydrogen) atoms. The number of fused-ring (bicyclic) bond motifs is 1. The van der Waals surface area contributed by atoms with Crippen LogP contribution in [-0.4, -0.2) is 32.6 Å². The topological polar surface area (TPSA) is 83.7 Å². The summed E-state index contributed by atoms with van der Waals surface area (Å²) in [5, 5.41) is 1.11. The summed E-state index contributed by atoms with van der Waals surface area (Å²) < 4.78 is 15.3. The Labute approximate surface area is 156 Å². The quantitative estimate of drug-likeness (QED) is 0.540. The molecule has 2 N–H and O–H groups in total. The number of methoxy groups -OCH3 is 2. The van der Waals surface area contributed by atoms with Gasteiger partial charge in [0.15, 0.2) is 6.29 Å². The van der Waals surface area contributed by atoms with Crippen molar-refractivity contribution in [3.63, 3.8) is 0 Å². The SMILES string of the molecule is COC.COc1cc2nccc(Oc3ccc(N)c(Cl)c3)c2cc1C=O. The van der Waals surface area contributed by atoms with E-state index in [1.165, 1.54) is 7.11 Å². The zero-order chi connectivity index (χ0) is 19.1. The second-order valence-electron chi connectivity index (χ2n) is 5.23. The van der Waals surface area contributed by atoms with E-state index in [0.717, 1.165) is 6.29 Å². The second kappa shape index (κ2) is 9.03. The number of hydrogen-bond acceptors (Lipinski definition) is 6. The highest BCUT2D eigenvalue weighted by Crippen LogP contribution is 2.34. The first-order valence-corrected chi connectivity index (χ1v) is 7.96. The zero-order valence-corrected chi connectivity index (χ0v) is 15.4. The predicted molar refractivity (Wildman–Crippen MR) is 103 cm³/mol. The Bertz CT molecular complexity index is 915. The average Bonchev–Trinajstić information content (AvgIpc) is 2.64. The molecule has 7 heteroatoms. The third-order valence-electron chi connectivity index (χ3n) is 3.38. The van der Waals surface area contributed by atoms with E-state index >= 15 is 0 Å². The molecule has 136 valence electrons. The standard InChI is InChI=1S/C17H13ClN2O3.C2H6O/c1-22-17-8-15-12(6-10(17)9-21)16(4-5-20-15)23-11-2-3-14(19)13(18)7-11;1-3-2/h2-9H,19H2,1H3;1-2H3. The smallest absolute Gasteiger partial charge is 0.153 e. The normalized spacial score (nSPS) is 10.0. The van der Waals surface area contributed by atoms with Crippen molar-refractivity contribution in [1.82, 2.24) is 4.98 Å². The van der Waals surface area contributed by atoms with Gasteiger partial charge in [-0.1, -0.05) is 11.6 Å². The Hall–Kier alpha value is -2.83. The van der Waals surface area contributed by atoms with E-state index in [-0.39, 0.29) is 0 Å². The van der Waals surface area contributed by atoms with Crippen molar-refractivity contribution in [2.24, 2.45) is 0 Å². The molecule has 0 atom stereocenters. The fourth-order valence-corrected chi connectivity index (χ4v) is 2.39. The van der Waals surface area contributed by atoms with Gasteiger partial charge in [0.1, 0.15) is 17.2 Å². The fraction of sp³-hybridized carbons (Fsp3) is 0.158. The van der Waals surface area contributed by atoms with Gasteiger partial charge in [0.05, 0.1) is 28.9 Å². The average molecular weight is 375 g/mol. The van der Waals surface area contributed by atoms with E-state index in [0.29, 0.717) is 44.4 Å². The van der Waals surface area contributed by atoms with Crippen molar-refractivity contribution in [1.29, 1.82) is 0 Å². The van der Waals surface area contributed by atoms with E-state index in [1.54, 1.807) is 56.8 Å². The van der Waals surface area contributed by atoms with Gasteiger partial charge >= 0.3 is 0 Å². The number of hydrogen-bond donors (Lipinski definition) is 1. The van der Waals surface area contributed by atoms with Gasteiger partial charge < -0.3 is 19.9 Å². The van der Waals surface area contributed by atoms with E-state index in [1.807, 2.05) is 0 Å². The molecule has 1 heterocycles. The van der Waals surface area contributed by atoms with E-state index in [9.17, 15) is 4.79 Å². The molecule has 0 amide bonds. The molecule has 0 aliphatic rings. The lowest BCUT2D eigenvalue weighted by atomic mass is 10.1. The van der Waals surface area contributed by atoms with E-state index in [4.69, 9.17) is 26.8 Å². The number of aldehydes is 1. The van der Waals surface area contributed by atoms with Crippen LogP contribution in [0.5, 0.6) is 17.2 Å². The van der Waals surface area contributed by atoms with Crippen LogP contribution in [0.15, 0.2) is 42.6 Å². The summed E-state index contributed by atoms with van der Waals surface area (Å²) in [5.41, 5.74) is 7.25. The highest BCUT2D eigenvalue weighted by molar-refractivity contribution is 6.33. The number of pyridine rings is 1. The van der Waals surface area contributed by atoms with Crippen molar-refractivity contribution >= 4 is 34.5 Å². The van der Waals surface area contributed by atoms with Crippen molar-refractivity contribution < 1.29 is 19.0 Å². The molecule has 6 nitrogen and oxygen atoms in total. The molecular formula is C19H19ClN2O4. The van der Waals surface area contributed by atoms with Crippen molar-refractivity contribution in [3.05, 3.63) is 53.2 Å². The first kappa shape index (κ1) is 19.5. The summed E-state index contributed by atoms with van der Waals surface area (Å²) in [7, 11) is 4.75. The molecule has 0 aliphatic carbocycles. The van der Waals surface area contributed by atoms with Crippen LogP contribution in [0.4, 0.5) is 5.69 Å². The summed E-state index contributed by atoms with van der Waals surface area (Å²) in [6, 6.07) is 10.1. The Kier molecular flexibility index (Phi) is 6.77. The molecule has 0 aliphatic heterocycles. The molecule has 3 rings (SSSR count). The minimum atomic E-state index is 0.413. The molecule has 3 aromatic rings. The molecule has 0 saturated heterocycles. The lowest BCUT2D eigenvalue weighted by Crippen LogP contribution is -1.94. The van der Waals surface area contributed by atoms with E-state index < -0.39 is 0 Å². The number of halogens is 1. The number of ether oxygens (including phenoxy) is 3. The Balaban J connectivity index is 0.000000758. The first-order chi connectivity index (χ1) is 12.5. The third kappa shape index (κ3) is 4.41. The highest BCUT2D eigenvalue weighted by atomic mass is 35.5. The maximum absolute atomic E-state index is 11.2. The molecular weight excluding hydrogens is 356 g/mol. The second-order valence-corrected chi connectivity index (χ2v) is 5.64. The molecule has 0 unspecified atom stereocenters. The van der Waals surface area contributed by atoms with Crippen LogP contribution in [-0.2, 0) is 4.74 Å². The number of nitrogen functional groups attached to an aromatic ring is 1. The van der Waals surface area contributed by atoms with Gasteiger partial charge in [-0.05, 0) is 24.3 Å². The van der Waals surface area contributed by atoms with Gasteiger partial charge in [-0.25, -0.2) is 0 Å². The van der Waals surface area contributed by atoms with Gasteiger partial charge in [-0.15, -0.1) is 0 Å². The lowest BCUT2D eigenvalue weighted by Gasteiger charge is -2.11. The van der Waals surface area contributed by atoms with Gasteiger partial charge in [-0.2, -0.15) is 0 Å². The van der Waals surface area contributed by atoms with Crippen LogP contribution in [0.3, 0.4) is 0 Å². The highest BCUT2D eigenvalue weighted by Gasteiger charge is 2.11. The predicted octanol–water partition coefficient (Wildman–Crippen LogP) is 4.35. The number of aromatic nitrogens is 1. The van der Waals surface area contributed by atoms with Crippen LogP contribution in [0, 0.1) is 0 Å². The molecule has 1 aromatic heterocycles. The number of carbonyl (C=O) groups excluding carboxylic acids is 1. The summed E-state index contributed by atoms with van der Waals surface area (Å²) in [6.45, 7) is 0. The van der Waals surface area contributed by atoms with Crippen LogP contribution in [0.25, 0.3) is 10.9 Å². The van der Waals surface area contributed by atoms with Gasteiger partial charge in [0, 0.05) is 37.9 Å². The largest absolute Gasteiger partial charge is 0.496 e. The van der Waals surface area contributed by atoms with Crippen molar-refractivity contribution in [2.45, 2.75) is 0 Å². The summed E-state index contributed by atoms with van der Waals surface area (Å²) in [4.78, 5) is 15.5. The van der Waals surface area contributed by atoms with Crippen LogP contribution in [0.2, 0.25) is 5.02 Å². The first-order valence-electron chi connectivity index (χ1n) is 7.59. The summed E-state index contributed by atoms with van der Waals surface area (Å²) in [6.07, 6.45) is 2.35. The van der Waals surface area contributed by atoms with E-state index in [2.05, 4.69) is 9.72 Å². The maximum Gasteiger partial charge on any atom is 0.153 e. The Morgan fingerprint density at radius 2 is 1.81 bits per heavy atom. The van der Waals surface area contributed by atoms with Crippen LogP contribution >= 0.6 is 11.6 Å². The number of carbonyl (C=O) groups is 1. The summed E-state index contributed by atoms with van der Waals surface area (Å²) >= 11 is 6.01. The van der Waals surface area contributed by atoms with Crippen LogP contribution in [0.1, 0.15) is 10.4 Å². The number of anilines is 1. The minimum absolute atomic E-state index is 0.413. The van der Waals surface area contributed by atoms with Gasteiger partial charge in [0.2, 0.25) is 0 Å². The molecule has 2 aromatic carbocycles. The number of nitrogens with two attached hydrogens (primary N) is 1. The van der Waals surface area contributed by atoms with Gasteiger partial charge in [0.25, 0.3) is 0 Å². The molecule has 0 fully saturated rings. The molecule has 0 bridgehead atoms. The summed E-state index contributed by atoms with van der Waals surface area (Å²) in [5.74, 6) is 1.56. The molecule has 0 spiro atoms. The Morgan fingerprint density at radius 3 is 2.42 bits per heavy atom. The zero-order valence-electron chi connectivity index (χ0n) is 14.7. The number of rotatable bonds is 4. The number of nitrogens with zero attached hydrogens (tertiary/aromatic N) is 1. The van der Waals surface area contributed by atoms with Crippen molar-refractivity contribution in [3.8, 4) is 17.2 Å². The number of benzene rings is 2. The van der Waals surface area contributed by atoms with Gasteiger partial charge in [-0.3, -0.25) is 9.78 Å². The maximum atomic E-state index is 11.2. The lowest BCUT2D eigenvalue weighted by molar-refractivity contribution is 0.112. The minimum Gasteiger partial charge on any atom is -0.496 e. The van der Waals surface area contributed by atoms with Crippen molar-refractivity contribution in [2.75, 3.05) is 27.1 Å². The monoisotopic (exact) mass is 374 g/mol.